The van der Waals surface area contributed by atoms with Crippen molar-refractivity contribution in [3.63, 3.8) is 0 Å². The molecule has 2 aromatic rings. The van der Waals surface area contributed by atoms with Crippen LogP contribution in [0, 0.1) is 0 Å². The van der Waals surface area contributed by atoms with Crippen LogP contribution < -0.4 is 10.2 Å². The number of aromatic nitrogens is 2. The van der Waals surface area contributed by atoms with E-state index >= 15 is 0 Å². The van der Waals surface area contributed by atoms with Crippen molar-refractivity contribution in [3.05, 3.63) is 42.2 Å². The third kappa shape index (κ3) is 3.82. The Bertz CT molecular complexity index is 551. The van der Waals surface area contributed by atoms with Crippen molar-refractivity contribution < 1.29 is 4.42 Å². The Hall–Kier alpha value is -1.88. The van der Waals surface area contributed by atoms with Crippen LogP contribution in [0.5, 0.6) is 0 Å². The Kier molecular flexibility index (Phi) is 4.50. The quantitative estimate of drug-likeness (QED) is 0.756. The molecule has 5 heteroatoms. The van der Waals surface area contributed by atoms with Crippen molar-refractivity contribution in [2.75, 3.05) is 11.4 Å². The summed E-state index contributed by atoms with van der Waals surface area (Å²) in [5.74, 6) is 1.92. The van der Waals surface area contributed by atoms with Crippen LogP contribution in [-0.4, -0.2) is 22.6 Å². The molecule has 5 nitrogen and oxygen atoms in total. The van der Waals surface area contributed by atoms with Gasteiger partial charge in [0.25, 0.3) is 0 Å². The lowest BCUT2D eigenvalue weighted by Gasteiger charge is -2.22. The van der Waals surface area contributed by atoms with Gasteiger partial charge in [-0.1, -0.05) is 6.92 Å². The molecule has 1 aliphatic rings. The van der Waals surface area contributed by atoms with E-state index in [0.717, 1.165) is 43.3 Å². The lowest BCUT2D eigenvalue weighted by Crippen LogP contribution is -2.26. The molecule has 1 aliphatic carbocycles. The van der Waals surface area contributed by atoms with E-state index in [4.69, 9.17) is 9.40 Å². The molecule has 1 fully saturated rings. The predicted molar refractivity (Wildman–Crippen MR) is 81.9 cm³/mol. The molecule has 112 valence electrons. The van der Waals surface area contributed by atoms with Gasteiger partial charge in [0.05, 0.1) is 24.7 Å². The maximum atomic E-state index is 5.47. The highest BCUT2D eigenvalue weighted by Gasteiger charge is 2.30. The highest BCUT2D eigenvalue weighted by atomic mass is 16.3. The van der Waals surface area contributed by atoms with Gasteiger partial charge in [0.2, 0.25) is 0 Å². The molecule has 3 rings (SSSR count). The molecular formula is C16H22N4O. The summed E-state index contributed by atoms with van der Waals surface area (Å²) in [6.45, 7) is 4.70. The Morgan fingerprint density at radius 1 is 1.38 bits per heavy atom. The monoisotopic (exact) mass is 286 g/mol. The van der Waals surface area contributed by atoms with E-state index in [9.17, 15) is 0 Å². The number of anilines is 1. The first kappa shape index (κ1) is 14.1. The molecule has 1 saturated carbocycles. The van der Waals surface area contributed by atoms with Gasteiger partial charge in [-0.15, -0.1) is 0 Å². The average molecular weight is 286 g/mol. The van der Waals surface area contributed by atoms with Crippen LogP contribution in [0.3, 0.4) is 0 Å². The van der Waals surface area contributed by atoms with Crippen molar-refractivity contribution in [2.45, 2.75) is 45.3 Å². The van der Waals surface area contributed by atoms with E-state index in [1.807, 2.05) is 24.5 Å². The second-order valence-electron chi connectivity index (χ2n) is 5.48. The Balaban J connectivity index is 1.71. The Labute approximate surface area is 125 Å². The first-order valence-corrected chi connectivity index (χ1v) is 7.67. The summed E-state index contributed by atoms with van der Waals surface area (Å²) < 4.78 is 5.47. The normalized spacial score (nSPS) is 14.3. The van der Waals surface area contributed by atoms with E-state index in [1.165, 1.54) is 12.8 Å². The van der Waals surface area contributed by atoms with Gasteiger partial charge in [-0.25, -0.2) is 4.98 Å². The maximum Gasteiger partial charge on any atom is 0.148 e. The molecule has 0 saturated heterocycles. The number of rotatable bonds is 8. The Morgan fingerprint density at radius 2 is 2.29 bits per heavy atom. The van der Waals surface area contributed by atoms with Crippen molar-refractivity contribution >= 4 is 5.82 Å². The van der Waals surface area contributed by atoms with E-state index in [2.05, 4.69) is 22.1 Å². The topological polar surface area (TPSA) is 54.2 Å². The second-order valence-corrected chi connectivity index (χ2v) is 5.48. The molecule has 21 heavy (non-hydrogen) atoms. The highest BCUT2D eigenvalue weighted by Crippen LogP contribution is 2.31. The van der Waals surface area contributed by atoms with Gasteiger partial charge >= 0.3 is 0 Å². The smallest absolute Gasteiger partial charge is 0.148 e. The Morgan fingerprint density at radius 3 is 3.00 bits per heavy atom. The molecule has 0 unspecified atom stereocenters. The lowest BCUT2D eigenvalue weighted by atomic mass is 10.3. The highest BCUT2D eigenvalue weighted by molar-refractivity contribution is 5.40. The molecule has 0 bridgehead atoms. The standard InChI is InChI=1S/C16H22N4O/c1-2-7-17-9-13-10-18-11-16(19-13)20(14-5-6-14)12-15-4-3-8-21-15/h3-4,8,10-11,14,17H,2,5-7,9,12H2,1H3. The van der Waals surface area contributed by atoms with Gasteiger partial charge < -0.3 is 14.6 Å². The van der Waals surface area contributed by atoms with Gasteiger partial charge in [0.1, 0.15) is 11.6 Å². The molecule has 2 heterocycles. The van der Waals surface area contributed by atoms with Crippen molar-refractivity contribution in [2.24, 2.45) is 0 Å². The number of hydrogen-bond donors (Lipinski definition) is 1. The van der Waals surface area contributed by atoms with E-state index in [0.29, 0.717) is 6.04 Å². The molecule has 0 aromatic carbocycles. The van der Waals surface area contributed by atoms with E-state index in [1.54, 1.807) is 6.26 Å². The molecule has 0 atom stereocenters. The molecule has 1 N–H and O–H groups in total. The summed E-state index contributed by atoms with van der Waals surface area (Å²) in [6, 6.07) is 4.51. The molecule has 0 spiro atoms. The minimum absolute atomic E-state index is 0.572. The fourth-order valence-electron chi connectivity index (χ4n) is 2.37. The van der Waals surface area contributed by atoms with Gasteiger partial charge in [-0.3, -0.25) is 4.98 Å². The third-order valence-corrected chi connectivity index (χ3v) is 3.59. The fraction of sp³-hybridized carbons (Fsp3) is 0.500. The van der Waals surface area contributed by atoms with Crippen molar-refractivity contribution in [3.8, 4) is 0 Å². The largest absolute Gasteiger partial charge is 0.467 e. The van der Waals surface area contributed by atoms with Crippen LogP contribution in [0.2, 0.25) is 0 Å². The summed E-state index contributed by atoms with van der Waals surface area (Å²) in [5, 5.41) is 3.37. The minimum atomic E-state index is 0.572. The number of nitrogens with zero attached hydrogens (tertiary/aromatic N) is 3. The first-order valence-electron chi connectivity index (χ1n) is 7.67. The SMILES string of the molecule is CCCNCc1cncc(N(Cc2ccco2)C2CC2)n1. The summed E-state index contributed by atoms with van der Waals surface area (Å²) >= 11 is 0. The van der Waals surface area contributed by atoms with Crippen LogP contribution in [-0.2, 0) is 13.1 Å². The van der Waals surface area contributed by atoms with Gasteiger partial charge in [-0.2, -0.15) is 0 Å². The molecule has 2 aromatic heterocycles. The fourth-order valence-corrected chi connectivity index (χ4v) is 2.37. The number of furan rings is 1. The zero-order valence-electron chi connectivity index (χ0n) is 12.5. The van der Waals surface area contributed by atoms with Gasteiger partial charge in [0.15, 0.2) is 0 Å². The third-order valence-electron chi connectivity index (χ3n) is 3.59. The van der Waals surface area contributed by atoms with Crippen molar-refractivity contribution in [1.29, 1.82) is 0 Å². The lowest BCUT2D eigenvalue weighted by molar-refractivity contribution is 0.500. The molecule has 0 radical (unpaired) electrons. The average Bonchev–Trinajstić information content (AvgIpc) is 3.22. The summed E-state index contributed by atoms with van der Waals surface area (Å²) in [7, 11) is 0. The maximum absolute atomic E-state index is 5.47. The van der Waals surface area contributed by atoms with Crippen LogP contribution >= 0.6 is 0 Å². The molecular weight excluding hydrogens is 264 g/mol. The summed E-state index contributed by atoms with van der Waals surface area (Å²) in [4.78, 5) is 11.4. The zero-order chi connectivity index (χ0) is 14.5. The van der Waals surface area contributed by atoms with Crippen molar-refractivity contribution in [1.82, 2.24) is 15.3 Å². The summed E-state index contributed by atoms with van der Waals surface area (Å²) in [5.41, 5.74) is 0.992. The van der Waals surface area contributed by atoms with Crippen LogP contribution in [0.15, 0.2) is 35.2 Å². The van der Waals surface area contributed by atoms with E-state index in [-0.39, 0.29) is 0 Å². The molecule has 0 aliphatic heterocycles. The van der Waals surface area contributed by atoms with Crippen LogP contribution in [0.4, 0.5) is 5.82 Å². The number of hydrogen-bond acceptors (Lipinski definition) is 5. The van der Waals surface area contributed by atoms with Crippen LogP contribution in [0.1, 0.15) is 37.6 Å². The van der Waals surface area contributed by atoms with E-state index < -0.39 is 0 Å². The second kappa shape index (κ2) is 6.72. The molecule has 0 amide bonds. The first-order chi connectivity index (χ1) is 10.4. The van der Waals surface area contributed by atoms with Gasteiger partial charge in [0, 0.05) is 18.8 Å². The van der Waals surface area contributed by atoms with Gasteiger partial charge in [-0.05, 0) is 37.9 Å². The van der Waals surface area contributed by atoms with Crippen LogP contribution in [0.25, 0.3) is 0 Å². The number of nitrogens with one attached hydrogen (secondary N) is 1. The predicted octanol–water partition coefficient (Wildman–Crippen LogP) is 2.74. The zero-order valence-corrected chi connectivity index (χ0v) is 12.5. The minimum Gasteiger partial charge on any atom is -0.467 e. The summed E-state index contributed by atoms with van der Waals surface area (Å²) in [6.07, 6.45) is 8.98.